The smallest absolute Gasteiger partial charge is 0.350 e. The van der Waals surface area contributed by atoms with Crippen LogP contribution in [0.25, 0.3) is 5.69 Å². The van der Waals surface area contributed by atoms with Crippen molar-refractivity contribution in [2.45, 2.75) is 51.0 Å². The maximum absolute atomic E-state index is 12.8. The van der Waals surface area contributed by atoms with Gasteiger partial charge in [-0.1, -0.05) is 6.92 Å². The highest BCUT2D eigenvalue weighted by molar-refractivity contribution is 5.54. The van der Waals surface area contributed by atoms with Crippen molar-refractivity contribution in [2.75, 3.05) is 62.4 Å². The molecule has 1 spiro atoms. The highest BCUT2D eigenvalue weighted by Crippen LogP contribution is 2.64. The summed E-state index contributed by atoms with van der Waals surface area (Å²) in [7, 11) is 0. The van der Waals surface area contributed by atoms with Gasteiger partial charge in [-0.3, -0.25) is 0 Å². The number of anilines is 2. The van der Waals surface area contributed by atoms with Gasteiger partial charge in [-0.05, 0) is 68.3 Å². The van der Waals surface area contributed by atoms with Gasteiger partial charge in [-0.2, -0.15) is 20.1 Å². The summed E-state index contributed by atoms with van der Waals surface area (Å²) in [5.74, 6) is 0.735. The van der Waals surface area contributed by atoms with Crippen molar-refractivity contribution in [1.29, 1.82) is 0 Å². The van der Waals surface area contributed by atoms with Gasteiger partial charge >= 0.3 is 5.69 Å². The minimum absolute atomic E-state index is 0.0258. The van der Waals surface area contributed by atoms with E-state index in [9.17, 15) is 9.90 Å². The average molecular weight is 631 g/mol. The van der Waals surface area contributed by atoms with Gasteiger partial charge in [0.1, 0.15) is 30.4 Å². The number of rotatable bonds is 13. The number of aromatic nitrogens is 6. The molecule has 2 aromatic heterocycles. The third-order valence-electron chi connectivity index (χ3n) is 9.79. The van der Waals surface area contributed by atoms with Gasteiger partial charge in [0.25, 0.3) is 0 Å². The van der Waals surface area contributed by atoms with Crippen molar-refractivity contribution in [3.05, 3.63) is 77.7 Å². The Morgan fingerprint density at radius 2 is 1.52 bits per heavy atom. The second-order valence-electron chi connectivity index (χ2n) is 12.7. The Bertz CT molecular complexity index is 1640. The summed E-state index contributed by atoms with van der Waals surface area (Å²) in [6.45, 7) is 9.55. The molecule has 3 fully saturated rings. The van der Waals surface area contributed by atoms with E-state index in [0.717, 1.165) is 61.8 Å². The maximum atomic E-state index is 12.8. The first kappa shape index (κ1) is 30.5. The van der Waals surface area contributed by atoms with Crippen molar-refractivity contribution < 1.29 is 19.3 Å². The van der Waals surface area contributed by atoms with E-state index in [2.05, 4.69) is 49.4 Å². The summed E-state index contributed by atoms with van der Waals surface area (Å²) in [6, 6.07) is 16.3. The highest BCUT2D eigenvalue weighted by Gasteiger charge is 2.73. The molecule has 3 aliphatic rings. The summed E-state index contributed by atoms with van der Waals surface area (Å²) < 4.78 is 21.2. The standard InChI is InChI=1S/C33H42N8O5/c1-3-25(2)41-31(43)39(24-36-41)28-6-4-26(5-7-28)37-14-16-38(17-15-37)27-8-10-29(11-9-27)45-19-30(18-42)46-33(20-32(33)22-44-23-32)21-40-34-12-13-35-40/h4-13,24-25,30,42H,3,14-23H2,1-2H3. The fourth-order valence-corrected chi connectivity index (χ4v) is 6.60. The van der Waals surface area contributed by atoms with Gasteiger partial charge in [0, 0.05) is 37.6 Å². The molecule has 2 aliphatic heterocycles. The Labute approximate surface area is 267 Å². The minimum Gasteiger partial charge on any atom is -0.491 e. The second kappa shape index (κ2) is 12.5. The second-order valence-corrected chi connectivity index (χ2v) is 12.7. The molecule has 4 heterocycles. The van der Waals surface area contributed by atoms with Crippen LogP contribution in [0.4, 0.5) is 11.4 Å². The number of benzene rings is 2. The predicted molar refractivity (Wildman–Crippen MR) is 172 cm³/mol. The zero-order chi connectivity index (χ0) is 31.7. The Morgan fingerprint density at radius 1 is 0.913 bits per heavy atom. The van der Waals surface area contributed by atoms with Gasteiger partial charge in [0.05, 0.1) is 55.9 Å². The van der Waals surface area contributed by atoms with E-state index in [1.165, 1.54) is 0 Å². The largest absolute Gasteiger partial charge is 0.491 e. The maximum Gasteiger partial charge on any atom is 0.350 e. The van der Waals surface area contributed by atoms with E-state index in [-0.39, 0.29) is 30.4 Å². The van der Waals surface area contributed by atoms with Crippen LogP contribution in [0.3, 0.4) is 0 Å². The van der Waals surface area contributed by atoms with Crippen LogP contribution in [0, 0.1) is 5.41 Å². The summed E-state index contributed by atoms with van der Waals surface area (Å²) in [5.41, 5.74) is 2.51. The molecule has 13 nitrogen and oxygen atoms in total. The molecule has 244 valence electrons. The molecular formula is C33H42N8O5. The van der Waals surface area contributed by atoms with Gasteiger partial charge in [-0.25, -0.2) is 14.0 Å². The third kappa shape index (κ3) is 5.78. The van der Waals surface area contributed by atoms with E-state index in [4.69, 9.17) is 14.2 Å². The van der Waals surface area contributed by atoms with Gasteiger partial charge in [0.15, 0.2) is 0 Å². The summed E-state index contributed by atoms with van der Waals surface area (Å²) >= 11 is 0. The summed E-state index contributed by atoms with van der Waals surface area (Å²) in [6.07, 6.45) is 6.16. The first-order valence-electron chi connectivity index (χ1n) is 16.1. The molecule has 1 aliphatic carbocycles. The zero-order valence-electron chi connectivity index (χ0n) is 26.4. The fourth-order valence-electron chi connectivity index (χ4n) is 6.60. The first-order valence-corrected chi connectivity index (χ1v) is 16.1. The van der Waals surface area contributed by atoms with Crippen molar-refractivity contribution in [2.24, 2.45) is 5.41 Å². The Hall–Kier alpha value is -4.20. The van der Waals surface area contributed by atoms with Gasteiger partial charge in [-0.15, -0.1) is 0 Å². The van der Waals surface area contributed by atoms with E-state index in [1.807, 2.05) is 38.1 Å². The lowest BCUT2D eigenvalue weighted by atomic mass is 9.99. The molecule has 1 N–H and O–H groups in total. The monoisotopic (exact) mass is 630 g/mol. The molecule has 3 atom stereocenters. The van der Waals surface area contributed by atoms with Crippen LogP contribution >= 0.6 is 0 Å². The molecular weight excluding hydrogens is 588 g/mol. The molecule has 7 rings (SSSR count). The number of hydrogen-bond acceptors (Lipinski definition) is 10. The fraction of sp³-hybridized carbons (Fsp3) is 0.515. The molecule has 4 aromatic rings. The van der Waals surface area contributed by atoms with E-state index in [0.29, 0.717) is 19.8 Å². The van der Waals surface area contributed by atoms with Crippen LogP contribution in [0.1, 0.15) is 32.7 Å². The number of aliphatic hydroxyl groups is 1. The number of aliphatic hydroxyl groups excluding tert-OH is 1. The van der Waals surface area contributed by atoms with Crippen molar-refractivity contribution in [3.63, 3.8) is 0 Å². The van der Waals surface area contributed by atoms with Crippen LogP contribution in [0.2, 0.25) is 0 Å². The van der Waals surface area contributed by atoms with Crippen LogP contribution in [-0.2, 0) is 16.0 Å². The molecule has 2 aromatic carbocycles. The van der Waals surface area contributed by atoms with E-state index < -0.39 is 11.7 Å². The molecule has 2 saturated heterocycles. The highest BCUT2D eigenvalue weighted by atomic mass is 16.6. The Morgan fingerprint density at radius 3 is 2.07 bits per heavy atom. The lowest BCUT2D eigenvalue weighted by Gasteiger charge is -2.37. The first-order chi connectivity index (χ1) is 22.4. The normalized spacial score (nSPS) is 21.6. The summed E-state index contributed by atoms with van der Waals surface area (Å²) in [4.78, 5) is 19.2. The average Bonchev–Trinajstić information content (AvgIpc) is 3.31. The topological polar surface area (TPSA) is 125 Å². The number of piperazine rings is 1. The zero-order valence-corrected chi connectivity index (χ0v) is 26.4. The van der Waals surface area contributed by atoms with Gasteiger partial charge in [0.2, 0.25) is 0 Å². The minimum atomic E-state index is -0.472. The van der Waals surface area contributed by atoms with Crippen molar-refractivity contribution >= 4 is 11.4 Å². The summed E-state index contributed by atoms with van der Waals surface area (Å²) in [5, 5.41) is 22.9. The molecule has 0 amide bonds. The molecule has 0 radical (unpaired) electrons. The third-order valence-corrected chi connectivity index (χ3v) is 9.79. The Balaban J connectivity index is 0.904. The quantitative estimate of drug-likeness (QED) is 0.236. The van der Waals surface area contributed by atoms with Crippen molar-refractivity contribution in [1.82, 2.24) is 29.3 Å². The number of hydrogen-bond donors (Lipinski definition) is 1. The number of ether oxygens (including phenoxy) is 3. The molecule has 3 unspecified atom stereocenters. The number of nitrogens with zero attached hydrogens (tertiary/aromatic N) is 8. The van der Waals surface area contributed by atoms with Crippen LogP contribution < -0.4 is 20.2 Å². The van der Waals surface area contributed by atoms with Crippen LogP contribution in [-0.4, -0.2) is 98.8 Å². The van der Waals surface area contributed by atoms with E-state index >= 15 is 0 Å². The van der Waals surface area contributed by atoms with Crippen LogP contribution in [0.15, 0.2) is 72.0 Å². The Kier molecular flexibility index (Phi) is 8.30. The lowest BCUT2D eigenvalue weighted by molar-refractivity contribution is -0.152. The van der Waals surface area contributed by atoms with Crippen LogP contribution in [0.5, 0.6) is 5.75 Å². The molecule has 13 heteroatoms. The van der Waals surface area contributed by atoms with Crippen molar-refractivity contribution in [3.8, 4) is 11.4 Å². The molecule has 1 saturated carbocycles. The lowest BCUT2D eigenvalue weighted by Crippen LogP contribution is -2.46. The molecule has 46 heavy (non-hydrogen) atoms. The van der Waals surface area contributed by atoms with Gasteiger partial charge < -0.3 is 29.1 Å². The SMILES string of the molecule is CCC(C)n1ncn(-c2ccc(N3CCN(c4ccc(OCC(CO)OC5(Cn6nccn6)CC56COC6)cc4)CC3)cc2)c1=O. The van der Waals surface area contributed by atoms with E-state index in [1.54, 1.807) is 32.8 Å². The molecule has 0 bridgehead atoms. The predicted octanol–water partition coefficient (Wildman–Crippen LogP) is 2.54.